The number of amides is 1. The summed E-state index contributed by atoms with van der Waals surface area (Å²) >= 11 is 0. The van der Waals surface area contributed by atoms with Gasteiger partial charge in [0.1, 0.15) is 5.82 Å². The lowest BCUT2D eigenvalue weighted by Gasteiger charge is -2.30. The van der Waals surface area contributed by atoms with Crippen molar-refractivity contribution in [1.29, 1.82) is 0 Å². The van der Waals surface area contributed by atoms with E-state index in [1.54, 1.807) is 24.8 Å². The van der Waals surface area contributed by atoms with Crippen LogP contribution < -0.4 is 0 Å². The normalized spacial score (nSPS) is 17.1. The van der Waals surface area contributed by atoms with E-state index in [1.807, 2.05) is 24.0 Å². The minimum absolute atomic E-state index is 0.0245. The lowest BCUT2D eigenvalue weighted by atomic mass is 9.97. The van der Waals surface area contributed by atoms with Crippen LogP contribution in [0.3, 0.4) is 0 Å². The van der Waals surface area contributed by atoms with E-state index in [9.17, 15) is 4.79 Å². The van der Waals surface area contributed by atoms with Crippen LogP contribution in [0.15, 0.2) is 41.4 Å². The number of likely N-dealkylation sites (tertiary alicyclic amines) is 1. The second-order valence-electron chi connectivity index (χ2n) is 6.53. The monoisotopic (exact) mass is 364 g/mol. The molecule has 1 fully saturated rings. The number of nitrogens with zero attached hydrogens (tertiary/aromatic N) is 6. The van der Waals surface area contributed by atoms with Crippen LogP contribution in [0.5, 0.6) is 0 Å². The summed E-state index contributed by atoms with van der Waals surface area (Å²) in [5.41, 5.74) is 1.32. The number of aryl methyl sites for hydroxylation is 1. The molecule has 138 valence electrons. The van der Waals surface area contributed by atoms with Crippen molar-refractivity contribution in [2.75, 3.05) is 13.1 Å². The molecule has 1 amide bonds. The third kappa shape index (κ3) is 3.69. The fraction of sp³-hybridized carbons (Fsp3) is 0.368. The van der Waals surface area contributed by atoms with Gasteiger partial charge < -0.3 is 9.42 Å². The number of rotatable bonds is 4. The molecule has 3 aromatic rings. The number of carbonyl (C=O) groups is 1. The molecule has 0 unspecified atom stereocenters. The molecule has 4 heterocycles. The molecule has 0 radical (unpaired) electrons. The summed E-state index contributed by atoms with van der Waals surface area (Å²) in [7, 11) is 0. The molecule has 4 rings (SSSR count). The van der Waals surface area contributed by atoms with Crippen molar-refractivity contribution in [3.8, 4) is 11.4 Å². The van der Waals surface area contributed by atoms with Gasteiger partial charge in [0.15, 0.2) is 0 Å². The van der Waals surface area contributed by atoms with Gasteiger partial charge in [-0.2, -0.15) is 4.98 Å². The van der Waals surface area contributed by atoms with E-state index in [0.717, 1.165) is 30.7 Å². The molecule has 1 aliphatic rings. The minimum atomic E-state index is -0.0608. The molecule has 3 aromatic heterocycles. The Bertz CT molecular complexity index is 909. The van der Waals surface area contributed by atoms with Gasteiger partial charge in [0.05, 0.1) is 11.5 Å². The van der Waals surface area contributed by atoms with Crippen LogP contribution in [-0.2, 0) is 6.42 Å². The zero-order valence-electron chi connectivity index (χ0n) is 15.1. The van der Waals surface area contributed by atoms with E-state index in [1.165, 1.54) is 0 Å². The van der Waals surface area contributed by atoms with E-state index in [4.69, 9.17) is 4.52 Å². The molecule has 1 saturated heterocycles. The zero-order valence-corrected chi connectivity index (χ0v) is 15.1. The van der Waals surface area contributed by atoms with Crippen molar-refractivity contribution >= 4 is 5.91 Å². The highest BCUT2D eigenvalue weighted by atomic mass is 16.5. The van der Waals surface area contributed by atoms with Gasteiger partial charge in [-0.05, 0) is 25.0 Å². The lowest BCUT2D eigenvalue weighted by Crippen LogP contribution is -2.39. The van der Waals surface area contributed by atoms with E-state index < -0.39 is 0 Å². The number of piperidine rings is 1. The van der Waals surface area contributed by atoms with Crippen LogP contribution in [0.1, 0.15) is 47.8 Å². The fourth-order valence-electron chi connectivity index (χ4n) is 3.21. The highest BCUT2D eigenvalue weighted by Gasteiger charge is 2.29. The van der Waals surface area contributed by atoms with E-state index in [-0.39, 0.29) is 11.8 Å². The van der Waals surface area contributed by atoms with Crippen molar-refractivity contribution in [2.24, 2.45) is 0 Å². The molecule has 0 saturated carbocycles. The van der Waals surface area contributed by atoms with Crippen molar-refractivity contribution in [3.05, 3.63) is 54.2 Å². The standard InChI is InChI=1S/C19H20N6O2/c1-2-16-21-10-15(11-22-16)19(26)25-8-4-6-14(12-25)18-23-17(24-27-18)13-5-3-7-20-9-13/h3,5,7,9-11,14H,2,4,6,8,12H2,1H3/t14-/m1/s1. The molecule has 0 bridgehead atoms. The predicted molar refractivity (Wildman–Crippen MR) is 96.8 cm³/mol. The van der Waals surface area contributed by atoms with Gasteiger partial charge in [-0.25, -0.2) is 9.97 Å². The van der Waals surface area contributed by atoms with E-state index >= 15 is 0 Å². The molecule has 0 aliphatic carbocycles. The predicted octanol–water partition coefficient (Wildman–Crippen LogP) is 2.50. The van der Waals surface area contributed by atoms with Crippen LogP contribution in [0.25, 0.3) is 11.4 Å². The van der Waals surface area contributed by atoms with Crippen LogP contribution in [-0.4, -0.2) is 49.0 Å². The first-order valence-corrected chi connectivity index (χ1v) is 9.08. The first kappa shape index (κ1) is 17.3. The molecule has 0 N–H and O–H groups in total. The molecule has 0 aromatic carbocycles. The first-order chi connectivity index (χ1) is 13.2. The highest BCUT2D eigenvalue weighted by molar-refractivity contribution is 5.93. The Hall–Kier alpha value is -3.16. The maximum atomic E-state index is 12.8. The second-order valence-corrected chi connectivity index (χ2v) is 6.53. The van der Waals surface area contributed by atoms with Gasteiger partial charge >= 0.3 is 0 Å². The van der Waals surface area contributed by atoms with Crippen LogP contribution in [0.2, 0.25) is 0 Å². The topological polar surface area (TPSA) is 97.9 Å². The second kappa shape index (κ2) is 7.61. The third-order valence-electron chi connectivity index (χ3n) is 4.69. The van der Waals surface area contributed by atoms with Crippen molar-refractivity contribution < 1.29 is 9.32 Å². The Kier molecular flexibility index (Phi) is 4.86. The molecule has 8 heteroatoms. The molecule has 0 spiro atoms. The summed E-state index contributed by atoms with van der Waals surface area (Å²) in [4.78, 5) is 31.6. The van der Waals surface area contributed by atoms with Crippen LogP contribution in [0, 0.1) is 0 Å². The Morgan fingerprint density at radius 2 is 2.15 bits per heavy atom. The molecular formula is C19H20N6O2. The smallest absolute Gasteiger partial charge is 0.257 e. The quantitative estimate of drug-likeness (QED) is 0.701. The molecule has 27 heavy (non-hydrogen) atoms. The largest absolute Gasteiger partial charge is 0.339 e. The summed E-state index contributed by atoms with van der Waals surface area (Å²) in [6.45, 7) is 3.23. The maximum Gasteiger partial charge on any atom is 0.257 e. The Balaban J connectivity index is 1.48. The van der Waals surface area contributed by atoms with Gasteiger partial charge in [-0.3, -0.25) is 9.78 Å². The van der Waals surface area contributed by atoms with Gasteiger partial charge in [-0.15, -0.1) is 0 Å². The van der Waals surface area contributed by atoms with Gasteiger partial charge in [0, 0.05) is 49.9 Å². The Morgan fingerprint density at radius 1 is 1.30 bits per heavy atom. The summed E-state index contributed by atoms with van der Waals surface area (Å²) < 4.78 is 5.47. The molecule has 1 atom stereocenters. The van der Waals surface area contributed by atoms with Crippen LogP contribution in [0.4, 0.5) is 0 Å². The third-order valence-corrected chi connectivity index (χ3v) is 4.69. The van der Waals surface area contributed by atoms with Crippen molar-refractivity contribution in [3.63, 3.8) is 0 Å². The minimum Gasteiger partial charge on any atom is -0.339 e. The average molecular weight is 364 g/mol. The highest BCUT2D eigenvalue weighted by Crippen LogP contribution is 2.28. The van der Waals surface area contributed by atoms with Crippen molar-refractivity contribution in [2.45, 2.75) is 32.1 Å². The van der Waals surface area contributed by atoms with Crippen molar-refractivity contribution in [1.82, 2.24) is 30.0 Å². The number of carbonyl (C=O) groups excluding carboxylic acids is 1. The maximum absolute atomic E-state index is 12.8. The van der Waals surface area contributed by atoms with Gasteiger partial charge in [0.25, 0.3) is 5.91 Å². The Labute approximate surface area is 156 Å². The van der Waals surface area contributed by atoms with Gasteiger partial charge in [0.2, 0.25) is 11.7 Å². The zero-order chi connectivity index (χ0) is 18.6. The van der Waals surface area contributed by atoms with Crippen LogP contribution >= 0.6 is 0 Å². The lowest BCUT2D eigenvalue weighted by molar-refractivity contribution is 0.0694. The summed E-state index contributed by atoms with van der Waals surface area (Å²) in [5, 5.41) is 4.06. The van der Waals surface area contributed by atoms with Gasteiger partial charge in [-0.1, -0.05) is 12.1 Å². The molecule has 8 nitrogen and oxygen atoms in total. The summed E-state index contributed by atoms with van der Waals surface area (Å²) in [6.07, 6.45) is 9.14. The fourth-order valence-corrected chi connectivity index (χ4v) is 3.21. The summed E-state index contributed by atoms with van der Waals surface area (Å²) in [5.74, 6) is 1.77. The van der Waals surface area contributed by atoms with E-state index in [0.29, 0.717) is 30.4 Å². The molecular weight excluding hydrogens is 344 g/mol. The SMILES string of the molecule is CCc1ncc(C(=O)N2CCC[C@@H](c3nc(-c4cccnc4)no3)C2)cn1. The average Bonchev–Trinajstić information content (AvgIpc) is 3.24. The summed E-state index contributed by atoms with van der Waals surface area (Å²) in [6, 6.07) is 3.72. The number of aromatic nitrogens is 5. The Morgan fingerprint density at radius 3 is 2.89 bits per heavy atom. The number of hydrogen-bond donors (Lipinski definition) is 0. The number of pyridine rings is 1. The number of hydrogen-bond acceptors (Lipinski definition) is 7. The van der Waals surface area contributed by atoms with E-state index in [2.05, 4.69) is 25.1 Å². The first-order valence-electron chi connectivity index (χ1n) is 9.08. The molecule has 1 aliphatic heterocycles.